The highest BCUT2D eigenvalue weighted by molar-refractivity contribution is 7.92. The Morgan fingerprint density at radius 2 is 1.75 bits per heavy atom. The number of nitrogens with one attached hydrogen (secondary N) is 1. The van der Waals surface area contributed by atoms with Gasteiger partial charge in [-0.05, 0) is 43.5 Å². The van der Waals surface area contributed by atoms with Crippen LogP contribution in [0.4, 0.5) is 18.9 Å². The Kier molecular flexibility index (Phi) is 10.2. The molecule has 2 aromatic carbocycles. The molecule has 2 amide bonds. The average molecular weight is 548 g/mol. The first kappa shape index (κ1) is 29.4. The number of carbonyl (C=O) groups is 2. The molecule has 0 aliphatic carbocycles. The van der Waals surface area contributed by atoms with E-state index in [4.69, 9.17) is 11.6 Å². The largest absolute Gasteiger partial charge is 0.417 e. The second-order valence-corrected chi connectivity index (χ2v) is 10.5. The van der Waals surface area contributed by atoms with Crippen molar-refractivity contribution in [2.75, 3.05) is 30.2 Å². The summed E-state index contributed by atoms with van der Waals surface area (Å²) in [6.07, 6.45) is -2.98. The highest BCUT2D eigenvalue weighted by atomic mass is 35.5. The maximum absolute atomic E-state index is 13.4. The average Bonchev–Trinajstić information content (AvgIpc) is 2.80. The van der Waals surface area contributed by atoms with Gasteiger partial charge in [-0.25, -0.2) is 8.42 Å². The monoisotopic (exact) mass is 547 g/mol. The minimum Gasteiger partial charge on any atom is -0.354 e. The van der Waals surface area contributed by atoms with Gasteiger partial charge in [0.1, 0.15) is 12.6 Å². The van der Waals surface area contributed by atoms with Gasteiger partial charge < -0.3 is 10.2 Å². The molecule has 0 aliphatic heterocycles. The lowest BCUT2D eigenvalue weighted by Crippen LogP contribution is -2.52. The predicted molar refractivity (Wildman–Crippen MR) is 133 cm³/mol. The number of benzene rings is 2. The van der Waals surface area contributed by atoms with Gasteiger partial charge in [0.05, 0.1) is 22.5 Å². The molecule has 2 aromatic rings. The molecular formula is C24H29ClF3N3O4S. The molecular weight excluding hydrogens is 519 g/mol. The Morgan fingerprint density at radius 3 is 2.31 bits per heavy atom. The van der Waals surface area contributed by atoms with Crippen molar-refractivity contribution in [1.29, 1.82) is 0 Å². The third kappa shape index (κ3) is 8.12. The summed E-state index contributed by atoms with van der Waals surface area (Å²) >= 11 is 5.67. The number of alkyl halides is 3. The van der Waals surface area contributed by atoms with Crippen molar-refractivity contribution in [3.05, 3.63) is 64.7 Å². The van der Waals surface area contributed by atoms with Gasteiger partial charge in [0.15, 0.2) is 0 Å². The fourth-order valence-electron chi connectivity index (χ4n) is 3.47. The standard InChI is InChI=1S/C24H29ClF3N3O4S/c1-4-13-29-23(33)17(2)30(14-12-18-8-6-5-7-9-18)22(32)16-31(36(3,34)35)19-10-11-21(25)20(15-19)24(26,27)28/h5-11,15,17H,4,12-14,16H2,1-3H3,(H,29,33)/t17-/m0/s1. The Bertz CT molecular complexity index is 1160. The third-order valence-electron chi connectivity index (χ3n) is 5.42. The Hall–Kier alpha value is -2.79. The topological polar surface area (TPSA) is 86.8 Å². The van der Waals surface area contributed by atoms with Crippen molar-refractivity contribution < 1.29 is 31.2 Å². The number of hydrogen-bond acceptors (Lipinski definition) is 4. The van der Waals surface area contributed by atoms with Crippen LogP contribution in [0.1, 0.15) is 31.4 Å². The van der Waals surface area contributed by atoms with Gasteiger partial charge in [-0.2, -0.15) is 13.2 Å². The lowest BCUT2D eigenvalue weighted by molar-refractivity contribution is -0.138. The van der Waals surface area contributed by atoms with Crippen LogP contribution in [0.3, 0.4) is 0 Å². The molecule has 0 saturated carbocycles. The molecule has 1 N–H and O–H groups in total. The molecule has 12 heteroatoms. The van der Waals surface area contributed by atoms with Crippen LogP contribution < -0.4 is 9.62 Å². The van der Waals surface area contributed by atoms with E-state index in [-0.39, 0.29) is 12.2 Å². The van der Waals surface area contributed by atoms with Crippen molar-refractivity contribution in [2.45, 2.75) is 38.9 Å². The number of rotatable bonds is 11. The summed E-state index contributed by atoms with van der Waals surface area (Å²) < 4.78 is 65.7. The maximum Gasteiger partial charge on any atom is 0.417 e. The summed E-state index contributed by atoms with van der Waals surface area (Å²) in [5.41, 5.74) is -0.700. The Morgan fingerprint density at radius 1 is 1.11 bits per heavy atom. The maximum atomic E-state index is 13.4. The normalized spacial score (nSPS) is 12.6. The summed E-state index contributed by atoms with van der Waals surface area (Å²) in [5, 5.41) is 2.11. The number of nitrogens with zero attached hydrogens (tertiary/aromatic N) is 2. The van der Waals surface area contributed by atoms with Crippen LogP contribution in [0.15, 0.2) is 48.5 Å². The van der Waals surface area contributed by atoms with E-state index in [1.54, 1.807) is 0 Å². The highest BCUT2D eigenvalue weighted by Crippen LogP contribution is 2.37. The Labute approximate surface area is 214 Å². The molecule has 0 heterocycles. The first-order chi connectivity index (χ1) is 16.8. The van der Waals surface area contributed by atoms with E-state index in [1.807, 2.05) is 37.3 Å². The minimum absolute atomic E-state index is 0.0928. The van der Waals surface area contributed by atoms with E-state index < -0.39 is 51.2 Å². The smallest absolute Gasteiger partial charge is 0.354 e. The molecule has 0 spiro atoms. The number of hydrogen-bond donors (Lipinski definition) is 1. The quantitative estimate of drug-likeness (QED) is 0.459. The first-order valence-electron chi connectivity index (χ1n) is 11.2. The van der Waals surface area contributed by atoms with E-state index in [1.165, 1.54) is 11.8 Å². The zero-order chi connectivity index (χ0) is 27.1. The lowest BCUT2D eigenvalue weighted by atomic mass is 10.1. The lowest BCUT2D eigenvalue weighted by Gasteiger charge is -2.31. The first-order valence-corrected chi connectivity index (χ1v) is 13.4. The van der Waals surface area contributed by atoms with E-state index in [2.05, 4.69) is 5.32 Å². The molecule has 7 nitrogen and oxygen atoms in total. The van der Waals surface area contributed by atoms with Crippen LogP contribution in [-0.2, 0) is 32.2 Å². The van der Waals surface area contributed by atoms with E-state index >= 15 is 0 Å². The van der Waals surface area contributed by atoms with Gasteiger partial charge in [0.2, 0.25) is 21.8 Å². The van der Waals surface area contributed by atoms with Crippen LogP contribution in [0.5, 0.6) is 0 Å². The second-order valence-electron chi connectivity index (χ2n) is 8.22. The number of sulfonamides is 1. The van der Waals surface area contributed by atoms with Gasteiger partial charge >= 0.3 is 6.18 Å². The molecule has 198 valence electrons. The van der Waals surface area contributed by atoms with Crippen LogP contribution in [-0.4, -0.2) is 57.1 Å². The van der Waals surface area contributed by atoms with Gasteiger partial charge in [0.25, 0.3) is 0 Å². The van der Waals surface area contributed by atoms with Crippen LogP contribution >= 0.6 is 11.6 Å². The van der Waals surface area contributed by atoms with E-state index in [9.17, 15) is 31.2 Å². The van der Waals surface area contributed by atoms with Gasteiger partial charge in [-0.1, -0.05) is 48.9 Å². The summed E-state index contributed by atoms with van der Waals surface area (Å²) in [4.78, 5) is 27.2. The number of amides is 2. The minimum atomic E-state index is -4.83. The van der Waals surface area contributed by atoms with Crippen molar-refractivity contribution in [2.24, 2.45) is 0 Å². The summed E-state index contributed by atoms with van der Waals surface area (Å²) in [6, 6.07) is 10.8. The predicted octanol–water partition coefficient (Wildman–Crippen LogP) is 4.11. The van der Waals surface area contributed by atoms with E-state index in [0.717, 1.165) is 24.0 Å². The SMILES string of the molecule is CCCNC(=O)[C@H](C)N(CCc1ccccc1)C(=O)CN(c1ccc(Cl)c(C(F)(F)F)c1)S(C)(=O)=O. The van der Waals surface area contributed by atoms with Crippen molar-refractivity contribution >= 4 is 39.1 Å². The molecule has 0 saturated heterocycles. The summed E-state index contributed by atoms with van der Waals surface area (Å²) in [7, 11) is -4.17. The third-order valence-corrected chi connectivity index (χ3v) is 6.89. The van der Waals surface area contributed by atoms with Crippen molar-refractivity contribution in [3.63, 3.8) is 0 Å². The molecule has 0 aromatic heterocycles. The van der Waals surface area contributed by atoms with Crippen molar-refractivity contribution in [1.82, 2.24) is 10.2 Å². The van der Waals surface area contributed by atoms with Crippen LogP contribution in [0, 0.1) is 0 Å². The molecule has 0 fully saturated rings. The molecule has 0 unspecified atom stereocenters. The number of carbonyl (C=O) groups excluding carboxylic acids is 2. The molecule has 0 bridgehead atoms. The molecule has 0 aliphatic rings. The highest BCUT2D eigenvalue weighted by Gasteiger charge is 2.35. The number of anilines is 1. The fourth-order valence-corrected chi connectivity index (χ4v) is 4.53. The molecule has 1 atom stereocenters. The van der Waals surface area contributed by atoms with Crippen LogP contribution in [0.2, 0.25) is 5.02 Å². The Balaban J connectivity index is 2.39. The number of halogens is 4. The molecule has 2 rings (SSSR count). The second kappa shape index (κ2) is 12.4. The fraction of sp³-hybridized carbons (Fsp3) is 0.417. The molecule has 0 radical (unpaired) electrons. The molecule has 36 heavy (non-hydrogen) atoms. The zero-order valence-electron chi connectivity index (χ0n) is 20.2. The van der Waals surface area contributed by atoms with Crippen LogP contribution in [0.25, 0.3) is 0 Å². The van der Waals surface area contributed by atoms with Crippen molar-refractivity contribution in [3.8, 4) is 0 Å². The zero-order valence-corrected chi connectivity index (χ0v) is 21.8. The van der Waals surface area contributed by atoms with Gasteiger partial charge in [-0.15, -0.1) is 0 Å². The van der Waals surface area contributed by atoms with E-state index in [0.29, 0.717) is 29.8 Å². The summed E-state index contributed by atoms with van der Waals surface area (Å²) in [6.45, 7) is 3.08. The summed E-state index contributed by atoms with van der Waals surface area (Å²) in [5.74, 6) is -1.16. The van der Waals surface area contributed by atoms with Gasteiger partial charge in [0, 0.05) is 13.1 Å². The van der Waals surface area contributed by atoms with Gasteiger partial charge in [-0.3, -0.25) is 13.9 Å².